The van der Waals surface area contributed by atoms with Crippen LogP contribution in [0.3, 0.4) is 0 Å². The molecular formula is C28H26N4O3S. The van der Waals surface area contributed by atoms with Crippen molar-refractivity contribution in [2.24, 2.45) is 13.0 Å². The third-order valence-electron chi connectivity index (χ3n) is 6.29. The number of hydrogen-bond acceptors (Lipinski definition) is 6. The lowest BCUT2D eigenvalue weighted by atomic mass is 9.84. The molecule has 8 heteroatoms. The van der Waals surface area contributed by atoms with Crippen molar-refractivity contribution in [3.8, 4) is 0 Å². The Morgan fingerprint density at radius 3 is 1.83 bits per heavy atom. The first-order valence-electron chi connectivity index (χ1n) is 11.7. The Bertz CT molecular complexity index is 1250. The summed E-state index contributed by atoms with van der Waals surface area (Å²) in [5, 5.41) is 10.9. The van der Waals surface area contributed by atoms with Gasteiger partial charge in [0.05, 0.1) is 16.3 Å². The van der Waals surface area contributed by atoms with E-state index in [-0.39, 0.29) is 11.3 Å². The molecule has 3 aromatic carbocycles. The number of aryl methyl sites for hydroxylation is 1. The van der Waals surface area contributed by atoms with Gasteiger partial charge in [-0.05, 0) is 16.7 Å². The van der Waals surface area contributed by atoms with Crippen LogP contribution in [0.2, 0.25) is 0 Å². The minimum atomic E-state index is -0.845. The number of amides is 1. The van der Waals surface area contributed by atoms with E-state index in [0.29, 0.717) is 5.69 Å². The molecule has 1 aliphatic heterocycles. The van der Waals surface area contributed by atoms with Gasteiger partial charge in [-0.15, -0.1) is 16.9 Å². The molecule has 1 N–H and O–H groups in total. The number of ether oxygens (including phenoxy) is 1. The molecule has 1 fully saturated rings. The van der Waals surface area contributed by atoms with Gasteiger partial charge < -0.3 is 10.1 Å². The Kier molecular flexibility index (Phi) is 6.61. The van der Waals surface area contributed by atoms with Crippen LogP contribution < -0.4 is 5.32 Å². The highest BCUT2D eigenvalue weighted by Crippen LogP contribution is 2.53. The minimum Gasteiger partial charge on any atom is -0.455 e. The van der Waals surface area contributed by atoms with Crippen molar-refractivity contribution in [2.75, 3.05) is 0 Å². The Hall–Kier alpha value is -3.91. The average molecular weight is 499 g/mol. The lowest BCUT2D eigenvalue weighted by Gasteiger charge is -2.45. The van der Waals surface area contributed by atoms with Gasteiger partial charge in [0.1, 0.15) is 11.6 Å². The number of benzene rings is 3. The molecule has 36 heavy (non-hydrogen) atoms. The van der Waals surface area contributed by atoms with Gasteiger partial charge in [-0.1, -0.05) is 96.2 Å². The molecule has 4 aromatic rings. The molecule has 0 aliphatic carbocycles. The van der Waals surface area contributed by atoms with Crippen LogP contribution in [0.1, 0.15) is 35.4 Å². The minimum absolute atomic E-state index is 0.188. The largest absolute Gasteiger partial charge is 0.455 e. The van der Waals surface area contributed by atoms with Crippen molar-refractivity contribution in [2.45, 2.75) is 23.1 Å². The molecule has 7 nitrogen and oxygen atoms in total. The molecule has 2 heterocycles. The average Bonchev–Trinajstić information content (AvgIpc) is 3.33. The second-order valence-electron chi connectivity index (χ2n) is 8.70. The highest BCUT2D eigenvalue weighted by molar-refractivity contribution is 8.01. The number of rotatable bonds is 8. The molecule has 0 saturated carbocycles. The van der Waals surface area contributed by atoms with E-state index in [1.54, 1.807) is 25.0 Å². The summed E-state index contributed by atoms with van der Waals surface area (Å²) in [4.78, 5) is 25.0. The zero-order valence-corrected chi connectivity index (χ0v) is 20.8. The van der Waals surface area contributed by atoms with Crippen molar-refractivity contribution in [3.63, 3.8) is 0 Å². The monoisotopic (exact) mass is 498 g/mol. The fraction of sp³-hybridized carbons (Fsp3) is 0.214. The maximum absolute atomic E-state index is 13.0. The number of β-lactam (4-membered cyclic amide) rings is 1. The van der Waals surface area contributed by atoms with E-state index in [1.165, 1.54) is 11.6 Å². The fourth-order valence-corrected chi connectivity index (χ4v) is 6.46. The summed E-state index contributed by atoms with van der Waals surface area (Å²) in [7, 11) is 1.74. The molecule has 0 radical (unpaired) electrons. The van der Waals surface area contributed by atoms with Gasteiger partial charge in [-0.3, -0.25) is 14.3 Å². The van der Waals surface area contributed by atoms with E-state index in [4.69, 9.17) is 4.74 Å². The normalized spacial score (nSPS) is 18.1. The molecule has 1 amide bonds. The van der Waals surface area contributed by atoms with Gasteiger partial charge in [0, 0.05) is 14.0 Å². The fourth-order valence-electron chi connectivity index (χ4n) is 4.67. The Labute approximate surface area is 213 Å². The number of nitrogens with zero attached hydrogens (tertiary/aromatic N) is 3. The Balaban J connectivity index is 1.63. The number of nitrogens with one attached hydrogen (secondary N) is 1. The molecular weight excluding hydrogens is 472 g/mol. The van der Waals surface area contributed by atoms with Gasteiger partial charge >= 0.3 is 5.97 Å². The zero-order valence-electron chi connectivity index (χ0n) is 19.9. The van der Waals surface area contributed by atoms with Crippen LogP contribution in [-0.2, 0) is 26.1 Å². The van der Waals surface area contributed by atoms with Crippen LogP contribution in [0.5, 0.6) is 0 Å². The van der Waals surface area contributed by atoms with Gasteiger partial charge in [-0.25, -0.2) is 0 Å². The summed E-state index contributed by atoms with van der Waals surface area (Å²) in [5.41, 5.74) is 3.69. The van der Waals surface area contributed by atoms with Crippen LogP contribution in [0.15, 0.2) is 97.2 Å². The topological polar surface area (TPSA) is 86.1 Å². The predicted molar refractivity (Wildman–Crippen MR) is 138 cm³/mol. The highest BCUT2D eigenvalue weighted by atomic mass is 32.2. The molecule has 0 bridgehead atoms. The van der Waals surface area contributed by atoms with E-state index in [9.17, 15) is 9.59 Å². The molecule has 3 atom stereocenters. The maximum atomic E-state index is 13.0. The summed E-state index contributed by atoms with van der Waals surface area (Å²) in [5.74, 6) is -1.30. The number of hydrogen-bond donors (Lipinski definition) is 1. The van der Waals surface area contributed by atoms with E-state index in [2.05, 4.69) is 52.0 Å². The first-order chi connectivity index (χ1) is 17.5. The van der Waals surface area contributed by atoms with E-state index in [0.717, 1.165) is 16.7 Å². The second kappa shape index (κ2) is 9.99. The van der Waals surface area contributed by atoms with Crippen molar-refractivity contribution in [1.29, 1.82) is 0 Å². The van der Waals surface area contributed by atoms with Crippen LogP contribution in [0.25, 0.3) is 0 Å². The van der Waals surface area contributed by atoms with Crippen LogP contribution in [0, 0.1) is 5.92 Å². The van der Waals surface area contributed by atoms with Crippen LogP contribution in [-0.4, -0.2) is 32.2 Å². The van der Waals surface area contributed by atoms with E-state index < -0.39 is 22.7 Å². The van der Waals surface area contributed by atoms with Gasteiger partial charge in [-0.2, -0.15) is 0 Å². The molecule has 0 spiro atoms. The number of thioether (sulfide) groups is 1. The number of esters is 1. The second-order valence-corrected chi connectivity index (χ2v) is 10.1. The lowest BCUT2D eigenvalue weighted by Crippen LogP contribution is -2.60. The summed E-state index contributed by atoms with van der Waals surface area (Å²) in [6.07, 6.45) is 0.835. The van der Waals surface area contributed by atoms with E-state index >= 15 is 0 Å². The molecule has 1 aromatic heterocycles. The quantitative estimate of drug-likeness (QED) is 0.222. The van der Waals surface area contributed by atoms with E-state index in [1.807, 2.05) is 54.6 Å². The van der Waals surface area contributed by atoms with Crippen LogP contribution >= 0.6 is 11.8 Å². The zero-order chi connectivity index (χ0) is 25.1. The van der Waals surface area contributed by atoms with Crippen molar-refractivity contribution >= 4 is 23.6 Å². The van der Waals surface area contributed by atoms with Gasteiger partial charge in [0.15, 0.2) is 6.10 Å². The number of carbonyl (C=O) groups is 2. The van der Waals surface area contributed by atoms with Gasteiger partial charge in [0.25, 0.3) is 0 Å². The maximum Gasteiger partial charge on any atom is 0.303 e. The Morgan fingerprint density at radius 1 is 0.944 bits per heavy atom. The molecule has 182 valence electrons. The van der Waals surface area contributed by atoms with Gasteiger partial charge in [0.2, 0.25) is 5.91 Å². The number of carbonyl (C=O) groups excluding carboxylic acids is 2. The third kappa shape index (κ3) is 4.40. The van der Waals surface area contributed by atoms with Crippen molar-refractivity contribution < 1.29 is 14.3 Å². The predicted octanol–water partition coefficient (Wildman–Crippen LogP) is 4.22. The Morgan fingerprint density at radius 2 is 1.44 bits per heavy atom. The molecule has 5 rings (SSSR count). The molecule has 1 aliphatic rings. The first kappa shape index (κ1) is 23.8. The smallest absolute Gasteiger partial charge is 0.303 e. The molecule has 1 saturated heterocycles. The standard InChI is InChI=1S/C28H26N4O3S/c1-19(33)35-25(23-18-32(2)31-30-23)24-26(34)29-27(24)36-28(20-12-6-3-7-13-20,21-14-8-4-9-15-21)22-16-10-5-11-17-22/h3-18,24-25,27H,1-2H3,(H,29,34). The lowest BCUT2D eigenvalue weighted by molar-refractivity contribution is -0.156. The van der Waals surface area contributed by atoms with Crippen LogP contribution in [0.4, 0.5) is 0 Å². The summed E-state index contributed by atoms with van der Waals surface area (Å²) in [6.45, 7) is 1.34. The number of aromatic nitrogens is 3. The third-order valence-corrected chi connectivity index (χ3v) is 8.01. The summed E-state index contributed by atoms with van der Waals surface area (Å²) in [6, 6.07) is 30.8. The summed E-state index contributed by atoms with van der Waals surface area (Å²) < 4.78 is 6.56. The molecule has 3 unspecified atom stereocenters. The van der Waals surface area contributed by atoms with Crippen molar-refractivity contribution in [1.82, 2.24) is 20.3 Å². The highest BCUT2D eigenvalue weighted by Gasteiger charge is 2.52. The van der Waals surface area contributed by atoms with Crippen molar-refractivity contribution in [3.05, 3.63) is 120 Å². The first-order valence-corrected chi connectivity index (χ1v) is 12.5. The SMILES string of the molecule is CC(=O)OC(c1cn(C)nn1)C1C(=O)NC1SC(c1ccccc1)(c1ccccc1)c1ccccc1. The summed E-state index contributed by atoms with van der Waals surface area (Å²) >= 11 is 1.63.